The minimum Gasteiger partial charge on any atom is -0.508 e. The first-order chi connectivity index (χ1) is 21.0. The van der Waals surface area contributed by atoms with Gasteiger partial charge in [0, 0.05) is 5.39 Å². The molecule has 0 aliphatic heterocycles. The number of rotatable bonds is 8. The summed E-state index contributed by atoms with van der Waals surface area (Å²) < 4.78 is 34.3. The van der Waals surface area contributed by atoms with Crippen molar-refractivity contribution in [1.82, 2.24) is 0 Å². The molecule has 0 aromatic heterocycles. The Morgan fingerprint density at radius 1 is 0.591 bits per heavy atom. The van der Waals surface area contributed by atoms with Crippen LogP contribution in [0.3, 0.4) is 0 Å². The zero-order valence-corrected chi connectivity index (χ0v) is 23.0. The normalized spacial score (nSPS) is 12.1. The molecule has 0 fully saturated rings. The third kappa shape index (κ3) is 6.70. The first-order valence-corrected chi connectivity index (χ1v) is 13.9. The van der Waals surface area contributed by atoms with Crippen LogP contribution in [0.1, 0.15) is 10.4 Å². The molecule has 0 unspecified atom stereocenters. The van der Waals surface area contributed by atoms with Gasteiger partial charge < -0.3 is 20.4 Å². The number of carboxylic acid groups (broad SMARTS) is 1. The Morgan fingerprint density at radius 3 is 1.64 bits per heavy atom. The van der Waals surface area contributed by atoms with Crippen molar-refractivity contribution in [3.63, 3.8) is 0 Å². The molecular formula is C29H20N6O8S. The summed E-state index contributed by atoms with van der Waals surface area (Å²) in [5, 5.41) is 63.4. The van der Waals surface area contributed by atoms with Gasteiger partial charge >= 0.3 is 5.97 Å². The first kappa shape index (κ1) is 29.4. The summed E-state index contributed by atoms with van der Waals surface area (Å²) in [7, 11) is -4.85. The van der Waals surface area contributed by atoms with E-state index in [-0.39, 0.29) is 33.5 Å². The summed E-state index contributed by atoms with van der Waals surface area (Å²) in [5.41, 5.74) is 0.778. The lowest BCUT2D eigenvalue weighted by Crippen LogP contribution is -1.99. The summed E-state index contributed by atoms with van der Waals surface area (Å²) in [6.45, 7) is 0. The second-order valence-electron chi connectivity index (χ2n) is 9.09. The Kier molecular flexibility index (Phi) is 8.06. The lowest BCUT2D eigenvalue weighted by molar-refractivity contribution is 0.0693. The largest absolute Gasteiger partial charge is 0.508 e. The number of aromatic carboxylic acids is 1. The van der Waals surface area contributed by atoms with Gasteiger partial charge in [0.2, 0.25) is 0 Å². The number of fused-ring (bicyclic) bond motifs is 1. The lowest BCUT2D eigenvalue weighted by Gasteiger charge is -2.09. The first-order valence-electron chi connectivity index (χ1n) is 12.5. The summed E-state index contributed by atoms with van der Waals surface area (Å²) in [4.78, 5) is 10.5. The van der Waals surface area contributed by atoms with Crippen molar-refractivity contribution in [3.05, 3.63) is 96.6 Å². The fraction of sp³-hybridized carbons (Fsp3) is 0. The highest BCUT2D eigenvalue weighted by molar-refractivity contribution is 7.86. The summed E-state index contributed by atoms with van der Waals surface area (Å²) in [5.74, 6) is -2.19. The van der Waals surface area contributed by atoms with E-state index in [2.05, 4.69) is 30.7 Å². The van der Waals surface area contributed by atoms with Gasteiger partial charge in [-0.1, -0.05) is 0 Å². The highest BCUT2D eigenvalue weighted by Gasteiger charge is 2.22. The van der Waals surface area contributed by atoms with Gasteiger partial charge in [-0.2, -0.15) is 34.0 Å². The molecule has 5 aromatic rings. The number of phenolic OH excluding ortho intramolecular Hbond substituents is 2. The lowest BCUT2D eigenvalue weighted by atomic mass is 10.1. The van der Waals surface area contributed by atoms with Gasteiger partial charge in [-0.15, -0.1) is 5.11 Å². The number of benzene rings is 5. The average Bonchev–Trinajstić information content (AvgIpc) is 2.99. The van der Waals surface area contributed by atoms with Crippen molar-refractivity contribution in [2.45, 2.75) is 4.90 Å². The Hall–Kier alpha value is -6.06. The van der Waals surface area contributed by atoms with Gasteiger partial charge in [0.15, 0.2) is 5.75 Å². The molecule has 0 aliphatic carbocycles. The van der Waals surface area contributed by atoms with E-state index in [1.54, 1.807) is 12.1 Å². The molecule has 5 rings (SSSR count). The molecule has 0 heterocycles. The van der Waals surface area contributed by atoms with Gasteiger partial charge in [-0.05, 0) is 96.4 Å². The zero-order chi connectivity index (χ0) is 31.4. The predicted molar refractivity (Wildman–Crippen MR) is 158 cm³/mol. The smallest absolute Gasteiger partial charge is 0.339 e. The summed E-state index contributed by atoms with van der Waals surface area (Å²) in [6, 6.07) is 21.3. The maximum Gasteiger partial charge on any atom is 0.339 e. The number of carboxylic acids is 1. The van der Waals surface area contributed by atoms with Crippen LogP contribution < -0.4 is 0 Å². The molecule has 0 saturated heterocycles. The van der Waals surface area contributed by atoms with Gasteiger partial charge in [0.1, 0.15) is 27.6 Å². The van der Waals surface area contributed by atoms with Crippen LogP contribution in [0, 0.1) is 0 Å². The van der Waals surface area contributed by atoms with Crippen molar-refractivity contribution in [1.29, 1.82) is 0 Å². The molecule has 0 spiro atoms. The van der Waals surface area contributed by atoms with Crippen LogP contribution in [0.4, 0.5) is 34.1 Å². The minimum absolute atomic E-state index is 0.0697. The zero-order valence-electron chi connectivity index (χ0n) is 22.2. The van der Waals surface area contributed by atoms with Gasteiger partial charge in [0.25, 0.3) is 10.1 Å². The molecule has 0 radical (unpaired) electrons. The van der Waals surface area contributed by atoms with Crippen molar-refractivity contribution < 1.29 is 38.2 Å². The van der Waals surface area contributed by atoms with E-state index < -0.39 is 38.2 Å². The Bertz CT molecular complexity index is 2100. The maximum atomic E-state index is 12.2. The average molecular weight is 613 g/mol. The monoisotopic (exact) mass is 612 g/mol. The van der Waals surface area contributed by atoms with E-state index in [1.165, 1.54) is 66.7 Å². The van der Waals surface area contributed by atoms with Crippen molar-refractivity contribution in [2.24, 2.45) is 30.7 Å². The number of carbonyl (C=O) groups is 1. The molecule has 5 N–H and O–H groups in total. The topological polar surface area (TPSA) is 227 Å². The Balaban J connectivity index is 1.41. The molecule has 0 aliphatic rings. The molecular weight excluding hydrogens is 592 g/mol. The number of nitrogens with zero attached hydrogens (tertiary/aromatic N) is 6. The number of azo groups is 3. The highest BCUT2D eigenvalue weighted by atomic mass is 32.2. The van der Waals surface area contributed by atoms with Crippen LogP contribution in [0.5, 0.6) is 17.2 Å². The fourth-order valence-corrected chi connectivity index (χ4v) is 4.55. The Morgan fingerprint density at radius 2 is 1.07 bits per heavy atom. The van der Waals surface area contributed by atoms with Crippen molar-refractivity contribution in [2.75, 3.05) is 0 Å². The molecule has 0 atom stereocenters. The molecule has 44 heavy (non-hydrogen) atoms. The minimum atomic E-state index is -4.85. The summed E-state index contributed by atoms with van der Waals surface area (Å²) in [6.07, 6.45) is 0. The van der Waals surface area contributed by atoms with Gasteiger partial charge in [0.05, 0.1) is 28.4 Å². The van der Waals surface area contributed by atoms with Crippen LogP contribution in [-0.2, 0) is 10.1 Å². The van der Waals surface area contributed by atoms with Crippen LogP contribution >= 0.6 is 0 Å². The Labute approximate surface area is 248 Å². The second kappa shape index (κ2) is 12.0. The van der Waals surface area contributed by atoms with E-state index >= 15 is 0 Å². The number of phenols is 3. The van der Waals surface area contributed by atoms with Crippen molar-refractivity contribution >= 4 is 61.0 Å². The quantitative estimate of drug-likeness (QED) is 0.0846. The molecule has 0 amide bonds. The molecule has 0 saturated carbocycles. The molecule has 14 nitrogen and oxygen atoms in total. The molecule has 0 bridgehead atoms. The van der Waals surface area contributed by atoms with Crippen LogP contribution in [0.15, 0.2) is 127 Å². The number of aromatic hydroxyl groups is 3. The predicted octanol–water partition coefficient (Wildman–Crippen LogP) is 8.15. The molecule has 220 valence electrons. The fourth-order valence-electron chi connectivity index (χ4n) is 3.90. The van der Waals surface area contributed by atoms with E-state index in [1.807, 2.05) is 0 Å². The molecule has 15 heteroatoms. The third-order valence-electron chi connectivity index (χ3n) is 6.05. The standard InChI is InChI=1S/C29H20N6O8S/c36-22-9-5-19(6-10-22)31-33-20-7-11-23-16(13-20)14-26(44(41,42)43)27(28(23)38)35-32-18-3-1-17(2-4-18)30-34-21-8-12-25(37)24(15-21)29(39)40/h1-15,36-38H,(H,39,40)(H,41,42,43). The van der Waals surface area contributed by atoms with Gasteiger partial charge in [-0.3, -0.25) is 4.55 Å². The number of hydrogen-bond donors (Lipinski definition) is 5. The maximum absolute atomic E-state index is 12.2. The van der Waals surface area contributed by atoms with Crippen molar-refractivity contribution in [3.8, 4) is 17.2 Å². The van der Waals surface area contributed by atoms with Crippen LogP contribution in [0.25, 0.3) is 10.8 Å². The second-order valence-corrected chi connectivity index (χ2v) is 10.5. The molecule has 5 aromatic carbocycles. The third-order valence-corrected chi connectivity index (χ3v) is 6.92. The highest BCUT2D eigenvalue weighted by Crippen LogP contribution is 2.42. The SMILES string of the molecule is O=C(O)c1cc(N=Nc2ccc(N=Nc3c(S(=O)(=O)O)cc4cc(N=Nc5ccc(O)cc5)ccc4c3O)cc2)ccc1O. The van der Waals surface area contributed by atoms with Gasteiger partial charge in [-0.25, -0.2) is 4.79 Å². The van der Waals surface area contributed by atoms with E-state index in [0.717, 1.165) is 12.1 Å². The van der Waals surface area contributed by atoms with E-state index in [0.29, 0.717) is 17.1 Å². The summed E-state index contributed by atoms with van der Waals surface area (Å²) >= 11 is 0. The van der Waals surface area contributed by atoms with Crippen LogP contribution in [0.2, 0.25) is 0 Å². The van der Waals surface area contributed by atoms with E-state index in [4.69, 9.17) is 5.11 Å². The van der Waals surface area contributed by atoms with E-state index in [9.17, 15) is 33.1 Å². The van der Waals surface area contributed by atoms with Crippen LogP contribution in [-0.4, -0.2) is 39.4 Å². The number of hydrogen-bond acceptors (Lipinski definition) is 12.